The highest BCUT2D eigenvalue weighted by atomic mass is 35.5. The molecular formula is C16H21ClN6. The molecule has 3 heterocycles. The van der Waals surface area contributed by atoms with Crippen LogP contribution in [0.4, 0.5) is 17.5 Å². The van der Waals surface area contributed by atoms with Gasteiger partial charge in [0, 0.05) is 45.5 Å². The maximum Gasteiger partial charge on any atom is 0.133 e. The molecule has 0 aliphatic carbocycles. The molecule has 23 heavy (non-hydrogen) atoms. The number of pyridine rings is 1. The largest absolute Gasteiger partial charge is 0.365 e. The first kappa shape index (κ1) is 15.8. The van der Waals surface area contributed by atoms with Crippen molar-refractivity contribution in [3.63, 3.8) is 0 Å². The highest BCUT2D eigenvalue weighted by Crippen LogP contribution is 2.21. The van der Waals surface area contributed by atoms with E-state index in [9.17, 15) is 0 Å². The number of hydrogen-bond acceptors (Lipinski definition) is 6. The molecule has 1 fully saturated rings. The van der Waals surface area contributed by atoms with Crippen molar-refractivity contribution >= 4 is 29.1 Å². The van der Waals surface area contributed by atoms with E-state index in [1.54, 1.807) is 12.5 Å². The number of nitrogens with one attached hydrogen (secondary N) is 1. The Kier molecular flexibility index (Phi) is 4.81. The maximum atomic E-state index is 5.92. The van der Waals surface area contributed by atoms with Crippen molar-refractivity contribution in [2.75, 3.05) is 42.3 Å². The van der Waals surface area contributed by atoms with Crippen molar-refractivity contribution in [2.45, 2.75) is 18.9 Å². The lowest BCUT2D eigenvalue weighted by atomic mass is 10.1. The predicted molar refractivity (Wildman–Crippen MR) is 94.5 cm³/mol. The Morgan fingerprint density at radius 3 is 2.87 bits per heavy atom. The quantitative estimate of drug-likeness (QED) is 0.929. The summed E-state index contributed by atoms with van der Waals surface area (Å²) in [5.41, 5.74) is 0. The summed E-state index contributed by atoms with van der Waals surface area (Å²) in [6.07, 6.45) is 5.53. The number of hydrogen-bond donors (Lipinski definition) is 1. The van der Waals surface area contributed by atoms with Crippen LogP contribution in [0, 0.1) is 0 Å². The third-order valence-electron chi connectivity index (χ3n) is 3.92. The number of nitrogens with zero attached hydrogens (tertiary/aromatic N) is 5. The van der Waals surface area contributed by atoms with E-state index in [4.69, 9.17) is 11.6 Å². The molecule has 1 unspecified atom stereocenters. The summed E-state index contributed by atoms with van der Waals surface area (Å²) in [4.78, 5) is 17.2. The smallest absolute Gasteiger partial charge is 0.133 e. The molecule has 0 bridgehead atoms. The molecule has 2 aromatic heterocycles. The Labute approximate surface area is 141 Å². The first-order valence-corrected chi connectivity index (χ1v) is 8.12. The SMILES string of the molecule is CN(C)c1cc(NC2CCCN(c3ccc(Cl)cn3)C2)ncn1. The molecule has 1 aliphatic heterocycles. The monoisotopic (exact) mass is 332 g/mol. The minimum absolute atomic E-state index is 0.339. The van der Waals surface area contributed by atoms with Gasteiger partial charge in [-0.2, -0.15) is 0 Å². The molecule has 1 atom stereocenters. The molecule has 7 heteroatoms. The zero-order valence-electron chi connectivity index (χ0n) is 13.4. The third kappa shape index (κ3) is 4.01. The number of piperidine rings is 1. The van der Waals surface area contributed by atoms with Gasteiger partial charge in [-0.05, 0) is 25.0 Å². The standard InChI is InChI=1S/C16H21ClN6/c1-22(2)16-8-14(19-11-20-16)21-13-4-3-7-23(10-13)15-6-5-12(17)9-18-15/h5-6,8-9,11,13H,3-4,7,10H2,1-2H3,(H,19,20,21). The second-order valence-corrected chi connectivity index (χ2v) is 6.36. The van der Waals surface area contributed by atoms with Crippen molar-refractivity contribution in [1.82, 2.24) is 15.0 Å². The van der Waals surface area contributed by atoms with Gasteiger partial charge < -0.3 is 15.1 Å². The van der Waals surface area contributed by atoms with Crippen LogP contribution in [0.5, 0.6) is 0 Å². The van der Waals surface area contributed by atoms with Crippen LogP contribution in [0.1, 0.15) is 12.8 Å². The van der Waals surface area contributed by atoms with Crippen LogP contribution in [-0.4, -0.2) is 48.2 Å². The summed E-state index contributed by atoms with van der Waals surface area (Å²) >= 11 is 5.92. The van der Waals surface area contributed by atoms with Crippen LogP contribution in [0.15, 0.2) is 30.7 Å². The Morgan fingerprint density at radius 2 is 2.13 bits per heavy atom. The zero-order chi connectivity index (χ0) is 16.2. The highest BCUT2D eigenvalue weighted by molar-refractivity contribution is 6.30. The minimum Gasteiger partial charge on any atom is -0.365 e. The van der Waals surface area contributed by atoms with E-state index in [0.717, 1.165) is 43.4 Å². The summed E-state index contributed by atoms with van der Waals surface area (Å²) in [5, 5.41) is 4.18. The Hall–Kier alpha value is -2.08. The fraction of sp³-hybridized carbons (Fsp3) is 0.438. The summed E-state index contributed by atoms with van der Waals surface area (Å²) in [5.74, 6) is 2.73. The van der Waals surface area contributed by atoms with Crippen LogP contribution >= 0.6 is 11.6 Å². The molecule has 0 saturated carbocycles. The third-order valence-corrected chi connectivity index (χ3v) is 4.14. The van der Waals surface area contributed by atoms with E-state index in [1.165, 1.54) is 0 Å². The summed E-state index contributed by atoms with van der Waals surface area (Å²) < 4.78 is 0. The normalized spacial score (nSPS) is 17.9. The Balaban J connectivity index is 1.67. The highest BCUT2D eigenvalue weighted by Gasteiger charge is 2.21. The summed E-state index contributed by atoms with van der Waals surface area (Å²) in [6.45, 7) is 1.91. The fourth-order valence-electron chi connectivity index (χ4n) is 2.74. The molecule has 0 amide bonds. The van der Waals surface area contributed by atoms with Crippen LogP contribution < -0.4 is 15.1 Å². The Bertz CT molecular complexity index is 645. The van der Waals surface area contributed by atoms with Crippen molar-refractivity contribution in [3.8, 4) is 0 Å². The number of aromatic nitrogens is 3. The summed E-state index contributed by atoms with van der Waals surface area (Å²) in [7, 11) is 3.95. The molecule has 1 aliphatic rings. The molecule has 0 spiro atoms. The lowest BCUT2D eigenvalue weighted by Gasteiger charge is -2.34. The van der Waals surface area contributed by atoms with Gasteiger partial charge in [0.2, 0.25) is 0 Å². The first-order valence-electron chi connectivity index (χ1n) is 7.74. The molecule has 6 nitrogen and oxygen atoms in total. The van der Waals surface area contributed by atoms with Gasteiger partial charge in [-0.25, -0.2) is 15.0 Å². The van der Waals surface area contributed by atoms with E-state index in [0.29, 0.717) is 11.1 Å². The average Bonchev–Trinajstić information content (AvgIpc) is 2.56. The van der Waals surface area contributed by atoms with Gasteiger partial charge in [-0.15, -0.1) is 0 Å². The zero-order valence-corrected chi connectivity index (χ0v) is 14.2. The number of anilines is 3. The van der Waals surface area contributed by atoms with Gasteiger partial charge in [0.1, 0.15) is 23.8 Å². The lowest BCUT2D eigenvalue weighted by molar-refractivity contribution is 0.525. The van der Waals surface area contributed by atoms with Crippen LogP contribution in [0.25, 0.3) is 0 Å². The van der Waals surface area contributed by atoms with Crippen LogP contribution in [-0.2, 0) is 0 Å². The second-order valence-electron chi connectivity index (χ2n) is 5.92. The molecule has 2 aromatic rings. The average molecular weight is 333 g/mol. The van der Waals surface area contributed by atoms with E-state index in [1.807, 2.05) is 37.2 Å². The second kappa shape index (κ2) is 7.00. The first-order chi connectivity index (χ1) is 11.1. The molecule has 122 valence electrons. The molecular weight excluding hydrogens is 312 g/mol. The molecule has 1 N–H and O–H groups in total. The van der Waals surface area contributed by atoms with Gasteiger partial charge in [-0.1, -0.05) is 11.6 Å². The van der Waals surface area contributed by atoms with Crippen molar-refractivity contribution in [3.05, 3.63) is 35.7 Å². The fourth-order valence-corrected chi connectivity index (χ4v) is 2.85. The van der Waals surface area contributed by atoms with E-state index in [-0.39, 0.29) is 0 Å². The molecule has 0 aromatic carbocycles. The molecule has 0 radical (unpaired) electrons. The van der Waals surface area contributed by atoms with Crippen molar-refractivity contribution in [2.24, 2.45) is 0 Å². The number of halogens is 1. The van der Waals surface area contributed by atoms with E-state index >= 15 is 0 Å². The van der Waals surface area contributed by atoms with Crippen LogP contribution in [0.3, 0.4) is 0 Å². The van der Waals surface area contributed by atoms with Gasteiger partial charge >= 0.3 is 0 Å². The predicted octanol–water partition coefficient (Wildman–Crippen LogP) is 2.67. The number of rotatable bonds is 4. The maximum absolute atomic E-state index is 5.92. The van der Waals surface area contributed by atoms with Crippen molar-refractivity contribution in [1.29, 1.82) is 0 Å². The van der Waals surface area contributed by atoms with E-state index < -0.39 is 0 Å². The van der Waals surface area contributed by atoms with Crippen molar-refractivity contribution < 1.29 is 0 Å². The van der Waals surface area contributed by atoms with Gasteiger partial charge in [0.25, 0.3) is 0 Å². The van der Waals surface area contributed by atoms with Crippen LogP contribution in [0.2, 0.25) is 5.02 Å². The lowest BCUT2D eigenvalue weighted by Crippen LogP contribution is -2.42. The Morgan fingerprint density at radius 1 is 1.26 bits per heavy atom. The minimum atomic E-state index is 0.339. The van der Waals surface area contributed by atoms with Gasteiger partial charge in [0.15, 0.2) is 0 Å². The molecule has 3 rings (SSSR count). The summed E-state index contributed by atoms with van der Waals surface area (Å²) in [6, 6.07) is 6.17. The van der Waals surface area contributed by atoms with Gasteiger partial charge in [0.05, 0.1) is 5.02 Å². The van der Waals surface area contributed by atoms with E-state index in [2.05, 4.69) is 25.2 Å². The molecule has 1 saturated heterocycles. The topological polar surface area (TPSA) is 57.2 Å². The van der Waals surface area contributed by atoms with Gasteiger partial charge in [-0.3, -0.25) is 0 Å².